The van der Waals surface area contributed by atoms with Crippen LogP contribution in [-0.4, -0.2) is 35.0 Å². The number of nitrogens with zero attached hydrogens (tertiary/aromatic N) is 3. The lowest BCUT2D eigenvalue weighted by molar-refractivity contribution is 0.492. The third kappa shape index (κ3) is 4.90. The summed E-state index contributed by atoms with van der Waals surface area (Å²) in [5.74, 6) is 0. The van der Waals surface area contributed by atoms with Gasteiger partial charge in [0, 0.05) is 55.0 Å². The van der Waals surface area contributed by atoms with Crippen LogP contribution in [0.3, 0.4) is 0 Å². The number of aromatic nitrogens is 2. The molecule has 6 nitrogen and oxygen atoms in total. The zero-order valence-electron chi connectivity index (χ0n) is 19.1. The average molecular weight is 439 g/mol. The molecule has 1 aliphatic rings. The quantitative estimate of drug-likeness (QED) is 0.405. The summed E-state index contributed by atoms with van der Waals surface area (Å²) < 4.78 is 0. The predicted molar refractivity (Wildman–Crippen MR) is 140 cm³/mol. The number of allylic oxidation sites excluding steroid dienone is 1. The van der Waals surface area contributed by atoms with Gasteiger partial charge in [0.25, 0.3) is 0 Å². The summed E-state index contributed by atoms with van der Waals surface area (Å²) in [6.07, 6.45) is 7.67. The van der Waals surface area contributed by atoms with E-state index in [4.69, 9.17) is 5.73 Å². The summed E-state index contributed by atoms with van der Waals surface area (Å²) in [4.78, 5) is 11.1. The van der Waals surface area contributed by atoms with Crippen molar-refractivity contribution in [3.63, 3.8) is 0 Å². The van der Waals surface area contributed by atoms with Gasteiger partial charge in [-0.25, -0.2) is 0 Å². The monoisotopic (exact) mass is 438 g/mol. The molecule has 4 N–H and O–H groups in total. The summed E-state index contributed by atoms with van der Waals surface area (Å²) in [6, 6.07) is 12.0. The lowest BCUT2D eigenvalue weighted by atomic mass is 9.97. The van der Waals surface area contributed by atoms with Crippen LogP contribution in [0.4, 0.5) is 17.1 Å². The van der Waals surface area contributed by atoms with Gasteiger partial charge in [-0.15, -0.1) is 0 Å². The minimum atomic E-state index is 0.625. The molecule has 0 saturated carbocycles. The van der Waals surface area contributed by atoms with E-state index >= 15 is 0 Å². The molecule has 1 aliphatic heterocycles. The Balaban J connectivity index is 1.51. The van der Waals surface area contributed by atoms with E-state index in [0.29, 0.717) is 11.4 Å². The highest BCUT2D eigenvalue weighted by molar-refractivity contribution is 5.88. The molecule has 0 radical (unpaired) electrons. The van der Waals surface area contributed by atoms with Crippen molar-refractivity contribution in [3.8, 4) is 11.1 Å². The first-order valence-electron chi connectivity index (χ1n) is 11.0. The highest BCUT2D eigenvalue weighted by Crippen LogP contribution is 2.33. The zero-order chi connectivity index (χ0) is 23.4. The minimum absolute atomic E-state index is 0.625. The minimum Gasteiger partial charge on any atom is -0.397 e. The zero-order valence-corrected chi connectivity index (χ0v) is 19.1. The first-order valence-corrected chi connectivity index (χ1v) is 11.0. The molecule has 1 saturated heterocycles. The van der Waals surface area contributed by atoms with Crippen molar-refractivity contribution in [3.05, 3.63) is 91.7 Å². The maximum Gasteiger partial charge on any atom is 0.0858 e. The smallest absolute Gasteiger partial charge is 0.0858 e. The van der Waals surface area contributed by atoms with Crippen molar-refractivity contribution >= 4 is 28.3 Å². The number of hydrogen-bond acceptors (Lipinski definition) is 6. The van der Waals surface area contributed by atoms with Gasteiger partial charge in [-0.05, 0) is 54.3 Å². The van der Waals surface area contributed by atoms with Crippen molar-refractivity contribution in [1.82, 2.24) is 14.9 Å². The molecule has 6 heteroatoms. The molecule has 33 heavy (non-hydrogen) atoms. The molecule has 3 aromatic rings. The lowest BCUT2D eigenvalue weighted by Gasteiger charge is -2.20. The summed E-state index contributed by atoms with van der Waals surface area (Å²) >= 11 is 0. The van der Waals surface area contributed by atoms with Crippen LogP contribution < -0.4 is 16.4 Å². The van der Waals surface area contributed by atoms with Crippen molar-refractivity contribution in [2.24, 2.45) is 0 Å². The fraction of sp³-hybridized carbons (Fsp3) is 0.185. The fourth-order valence-electron chi connectivity index (χ4n) is 4.01. The molecule has 0 bridgehead atoms. The van der Waals surface area contributed by atoms with E-state index in [9.17, 15) is 0 Å². The molecular weight excluding hydrogens is 408 g/mol. The standard InChI is InChI=1S/C27H30N6/c1-18(25-14-21(7-9-27(25)29-4)22-13-23(28)16-30-15-22)19(2)32-24-8-10-26(31-17-24)20(3)33-11-5-6-12-33/h7-10,13-17,29,32H,1-3,5-6,11-12,28H2,4H3. The van der Waals surface area contributed by atoms with E-state index in [1.165, 1.54) is 12.8 Å². The molecule has 1 aromatic carbocycles. The van der Waals surface area contributed by atoms with Gasteiger partial charge in [0.15, 0.2) is 0 Å². The largest absolute Gasteiger partial charge is 0.397 e. The average Bonchev–Trinajstić information content (AvgIpc) is 3.38. The summed E-state index contributed by atoms with van der Waals surface area (Å²) in [5, 5.41) is 6.57. The third-order valence-corrected chi connectivity index (χ3v) is 5.91. The Labute approximate surface area is 195 Å². The second-order valence-corrected chi connectivity index (χ2v) is 8.17. The summed E-state index contributed by atoms with van der Waals surface area (Å²) in [6.45, 7) is 14.8. The molecule has 0 unspecified atom stereocenters. The molecule has 0 aliphatic carbocycles. The number of benzene rings is 1. The maximum atomic E-state index is 5.92. The van der Waals surface area contributed by atoms with Crippen LogP contribution in [0, 0.1) is 0 Å². The van der Waals surface area contributed by atoms with E-state index < -0.39 is 0 Å². The van der Waals surface area contributed by atoms with Gasteiger partial charge in [-0.2, -0.15) is 0 Å². The third-order valence-electron chi connectivity index (χ3n) is 5.91. The molecule has 1 fully saturated rings. The van der Waals surface area contributed by atoms with Crippen molar-refractivity contribution in [2.75, 3.05) is 36.5 Å². The van der Waals surface area contributed by atoms with Crippen molar-refractivity contribution < 1.29 is 0 Å². The van der Waals surface area contributed by atoms with Crippen LogP contribution in [0.5, 0.6) is 0 Å². The summed E-state index contributed by atoms with van der Waals surface area (Å²) in [7, 11) is 1.89. The number of pyridine rings is 2. The Morgan fingerprint density at radius 1 is 0.970 bits per heavy atom. The van der Waals surface area contributed by atoms with Crippen molar-refractivity contribution in [2.45, 2.75) is 12.8 Å². The number of nitrogens with one attached hydrogen (secondary N) is 2. The normalized spacial score (nSPS) is 12.9. The van der Waals surface area contributed by atoms with Crippen LogP contribution in [0.15, 0.2) is 80.4 Å². The van der Waals surface area contributed by atoms with Gasteiger partial charge in [-0.1, -0.05) is 25.8 Å². The van der Waals surface area contributed by atoms with E-state index in [1.807, 2.05) is 43.6 Å². The molecule has 2 aromatic heterocycles. The molecule has 0 spiro atoms. The van der Waals surface area contributed by atoms with Gasteiger partial charge < -0.3 is 21.3 Å². The topological polar surface area (TPSA) is 79.1 Å². The second kappa shape index (κ2) is 9.61. The van der Waals surface area contributed by atoms with Crippen LogP contribution in [0.2, 0.25) is 0 Å². The van der Waals surface area contributed by atoms with Crippen LogP contribution in [0.1, 0.15) is 24.1 Å². The van der Waals surface area contributed by atoms with Gasteiger partial charge in [0.2, 0.25) is 0 Å². The van der Waals surface area contributed by atoms with Crippen molar-refractivity contribution in [1.29, 1.82) is 0 Å². The Hall–Kier alpha value is -4.06. The first-order chi connectivity index (χ1) is 16.0. The van der Waals surface area contributed by atoms with Gasteiger partial charge in [-0.3, -0.25) is 9.97 Å². The predicted octanol–water partition coefficient (Wildman–Crippen LogP) is 5.47. The highest BCUT2D eigenvalue weighted by Gasteiger charge is 2.16. The number of hydrogen-bond donors (Lipinski definition) is 3. The van der Waals surface area contributed by atoms with Crippen LogP contribution in [-0.2, 0) is 0 Å². The Morgan fingerprint density at radius 3 is 2.42 bits per heavy atom. The Bertz CT molecular complexity index is 1190. The number of likely N-dealkylation sites (tertiary alicyclic amines) is 1. The van der Waals surface area contributed by atoms with E-state index in [1.54, 1.807) is 12.4 Å². The molecule has 4 rings (SSSR count). The van der Waals surface area contributed by atoms with Crippen LogP contribution >= 0.6 is 0 Å². The Kier molecular flexibility index (Phi) is 6.45. The lowest BCUT2D eigenvalue weighted by Crippen LogP contribution is -2.17. The number of rotatable bonds is 8. The molecular formula is C27H30N6. The molecule has 0 amide bonds. The van der Waals surface area contributed by atoms with E-state index in [2.05, 4.69) is 51.3 Å². The van der Waals surface area contributed by atoms with E-state index in [-0.39, 0.29) is 0 Å². The van der Waals surface area contributed by atoms with Gasteiger partial charge in [0.1, 0.15) is 0 Å². The highest BCUT2D eigenvalue weighted by atomic mass is 15.2. The molecule has 168 valence electrons. The number of nitrogens with two attached hydrogens (primary N) is 1. The fourth-order valence-corrected chi connectivity index (χ4v) is 4.01. The maximum absolute atomic E-state index is 5.92. The van der Waals surface area contributed by atoms with Gasteiger partial charge in [0.05, 0.1) is 29.0 Å². The molecule has 0 atom stereocenters. The Morgan fingerprint density at radius 2 is 1.76 bits per heavy atom. The first kappa shape index (κ1) is 22.1. The molecule has 3 heterocycles. The van der Waals surface area contributed by atoms with E-state index in [0.717, 1.165) is 58.1 Å². The summed E-state index contributed by atoms with van der Waals surface area (Å²) in [5.41, 5.74) is 14.6. The number of anilines is 3. The SMILES string of the molecule is C=C(Nc1ccc(C(=C)N2CCCC2)nc1)C(=C)c1cc(-c2cncc(N)c2)ccc1NC. The van der Waals surface area contributed by atoms with Gasteiger partial charge >= 0.3 is 0 Å². The second-order valence-electron chi connectivity index (χ2n) is 8.17. The number of nitrogen functional groups attached to an aromatic ring is 1. The van der Waals surface area contributed by atoms with Crippen LogP contribution in [0.25, 0.3) is 22.4 Å².